The molecule has 1 fully saturated rings. The van der Waals surface area contributed by atoms with E-state index in [0.29, 0.717) is 61.2 Å². The molecule has 0 aliphatic heterocycles. The number of anilines is 2. The molecule has 14 heteroatoms. The molecule has 3 rings (SSSR count). The molecule has 2 N–H and O–H groups in total. The molecule has 1 aliphatic rings. The summed E-state index contributed by atoms with van der Waals surface area (Å²) in [5.74, 6) is 0.509. The average molecular weight is 688 g/mol. The normalized spacial score (nSPS) is 15.6. The van der Waals surface area contributed by atoms with Gasteiger partial charge in [-0.1, -0.05) is 56.9 Å². The lowest BCUT2D eigenvalue weighted by molar-refractivity contribution is 0.114. The topological polar surface area (TPSA) is 106 Å². The van der Waals surface area contributed by atoms with Crippen LogP contribution in [0, 0.1) is 5.92 Å². The smallest absolute Gasteiger partial charge is 0.261 e. The molecule has 47 heavy (non-hydrogen) atoms. The molecule has 2 atom stereocenters. The van der Waals surface area contributed by atoms with E-state index in [-0.39, 0.29) is 23.1 Å². The predicted octanol–water partition coefficient (Wildman–Crippen LogP) is 7.85. The van der Waals surface area contributed by atoms with Crippen molar-refractivity contribution in [3.63, 3.8) is 0 Å². The summed E-state index contributed by atoms with van der Waals surface area (Å²) >= 11 is 0. The molecule has 0 amide bonds. The molecule has 8 nitrogen and oxygen atoms in total. The van der Waals surface area contributed by atoms with Crippen LogP contribution in [0.5, 0.6) is 0 Å². The monoisotopic (exact) mass is 687 g/mol. The Bertz CT molecular complexity index is 1510. The first-order valence-corrected chi connectivity index (χ1v) is 16.9. The van der Waals surface area contributed by atoms with Crippen LogP contribution in [0.4, 0.5) is 33.7 Å². The zero-order valence-electron chi connectivity index (χ0n) is 27.7. The first-order valence-electron chi connectivity index (χ1n) is 14.9. The van der Waals surface area contributed by atoms with Gasteiger partial charge in [0.05, 0.1) is 35.8 Å². The fraction of sp³-hybridized carbons (Fsp3) is 0.485. The van der Waals surface area contributed by atoms with Gasteiger partial charge in [-0.3, -0.25) is 4.39 Å². The number of fused-ring (bicyclic) bond motifs is 1. The molecule has 1 aliphatic carbocycles. The number of methoxy groups -OCH3 is 1. The van der Waals surface area contributed by atoms with E-state index < -0.39 is 34.3 Å². The second kappa shape index (κ2) is 19.9. The van der Waals surface area contributed by atoms with Crippen molar-refractivity contribution in [1.82, 2.24) is 15.0 Å². The van der Waals surface area contributed by atoms with Gasteiger partial charge in [-0.15, -0.1) is 6.58 Å². The molecule has 2 heterocycles. The Kier molecular flexibility index (Phi) is 17.5. The third-order valence-electron chi connectivity index (χ3n) is 6.85. The van der Waals surface area contributed by atoms with Crippen LogP contribution in [0.25, 0.3) is 16.6 Å². The molecule has 2 aromatic heterocycles. The average Bonchev–Trinajstić information content (AvgIpc) is 3.83. The fourth-order valence-corrected chi connectivity index (χ4v) is 4.35. The van der Waals surface area contributed by atoms with Crippen LogP contribution in [0.1, 0.15) is 45.7 Å². The summed E-state index contributed by atoms with van der Waals surface area (Å²) in [5.41, 5.74) is 0.396. The van der Waals surface area contributed by atoms with E-state index in [1.807, 2.05) is 26.0 Å². The third-order valence-corrected chi connectivity index (χ3v) is 7.63. The number of nitrogens with one attached hydrogen (secondary N) is 2. The van der Waals surface area contributed by atoms with Crippen LogP contribution in [0.15, 0.2) is 67.3 Å². The summed E-state index contributed by atoms with van der Waals surface area (Å²) in [6.07, 6.45) is 7.41. The Hall–Kier alpha value is -3.65. The molecule has 0 bridgehead atoms. The van der Waals surface area contributed by atoms with Gasteiger partial charge >= 0.3 is 0 Å². The first kappa shape index (κ1) is 41.4. The van der Waals surface area contributed by atoms with Crippen molar-refractivity contribution >= 4 is 38.2 Å². The largest absolute Gasteiger partial charge is 0.373 e. The van der Waals surface area contributed by atoms with Crippen LogP contribution in [-0.2, 0) is 14.6 Å². The minimum absolute atomic E-state index is 0.0139. The van der Waals surface area contributed by atoms with Crippen LogP contribution in [0.3, 0.4) is 0 Å². The number of pyridine rings is 1. The molecule has 0 saturated heterocycles. The van der Waals surface area contributed by atoms with Crippen LogP contribution in [0.2, 0.25) is 0 Å². The van der Waals surface area contributed by atoms with Gasteiger partial charge in [-0.25, -0.2) is 35.9 Å². The number of halogens is 5. The molecule has 2 unspecified atom stereocenters. The van der Waals surface area contributed by atoms with Crippen molar-refractivity contribution in [2.45, 2.75) is 64.5 Å². The van der Waals surface area contributed by atoms with Gasteiger partial charge in [0.15, 0.2) is 15.7 Å². The van der Waals surface area contributed by atoms with Gasteiger partial charge in [0, 0.05) is 19.9 Å². The van der Waals surface area contributed by atoms with Crippen LogP contribution in [-0.4, -0.2) is 80.7 Å². The van der Waals surface area contributed by atoms with Crippen LogP contribution < -0.4 is 10.6 Å². The van der Waals surface area contributed by atoms with Gasteiger partial charge < -0.3 is 15.4 Å². The van der Waals surface area contributed by atoms with Crippen molar-refractivity contribution in [2.24, 2.45) is 5.92 Å². The number of aromatic nitrogens is 3. The van der Waals surface area contributed by atoms with Gasteiger partial charge in [0.25, 0.3) is 12.9 Å². The lowest BCUT2D eigenvalue weighted by atomic mass is 10.1. The van der Waals surface area contributed by atoms with E-state index in [4.69, 9.17) is 9.72 Å². The predicted molar refractivity (Wildman–Crippen MR) is 182 cm³/mol. The van der Waals surface area contributed by atoms with Gasteiger partial charge in [0.2, 0.25) is 5.95 Å². The highest BCUT2D eigenvalue weighted by Gasteiger charge is 2.51. The number of ether oxygens (including phenoxy) is 1. The maximum Gasteiger partial charge on any atom is 0.261 e. The minimum atomic E-state index is -3.30. The lowest BCUT2D eigenvalue weighted by Crippen LogP contribution is -2.30. The Morgan fingerprint density at radius 1 is 1.13 bits per heavy atom. The second-order valence-corrected chi connectivity index (χ2v) is 13.0. The van der Waals surface area contributed by atoms with Crippen LogP contribution >= 0.6 is 0 Å². The maximum atomic E-state index is 13.8. The maximum absolute atomic E-state index is 13.8. The molecule has 0 radical (unpaired) electrons. The lowest BCUT2D eigenvalue weighted by Gasteiger charge is -2.19. The van der Waals surface area contributed by atoms with E-state index in [1.54, 1.807) is 43.4 Å². The summed E-state index contributed by atoms with van der Waals surface area (Å²) in [4.78, 5) is 13.7. The summed E-state index contributed by atoms with van der Waals surface area (Å²) in [6, 6.07) is 3.43. The van der Waals surface area contributed by atoms with Crippen molar-refractivity contribution in [1.29, 1.82) is 0 Å². The molecule has 1 saturated carbocycles. The molecule has 2 aromatic rings. The molecular weight excluding hydrogens is 641 g/mol. The summed E-state index contributed by atoms with van der Waals surface area (Å²) in [6.45, 7) is 13.0. The molecular formula is C33H46F5N5O3S. The fourth-order valence-electron chi connectivity index (χ4n) is 3.86. The number of hydrogen-bond acceptors (Lipinski definition) is 8. The molecule has 0 spiro atoms. The Balaban J connectivity index is 0.00000108. The first-order chi connectivity index (χ1) is 22.2. The van der Waals surface area contributed by atoms with E-state index in [0.717, 1.165) is 6.26 Å². The van der Waals surface area contributed by atoms with E-state index in [1.165, 1.54) is 7.11 Å². The standard InChI is InChI=1S/C27H35F2N5O3S.C5H8F2.CH3F/c1-6-8-18(3)17-30-26-32-22-12-11-21(19(13-16-38(5,35)36)9-10-20(7-2)37-4)31-23(22)24(33-26)34-27(14-15-27)25(28)29;1-3-4(2)5(6)7;1-2/h6-13,18,20,25H,2,14-17H2,1,3-5H3,(H2,30,32,33,34);5H,2-3H2,1H3;1H3/b8-6-,10-9-,19-13+;;. The van der Waals surface area contributed by atoms with Gasteiger partial charge in [-0.2, -0.15) is 4.98 Å². The number of hydrogen-bond donors (Lipinski definition) is 2. The van der Waals surface area contributed by atoms with Gasteiger partial charge in [0.1, 0.15) is 5.52 Å². The number of rotatable bonds is 16. The summed E-state index contributed by atoms with van der Waals surface area (Å²) in [5, 5.41) is 6.11. The summed E-state index contributed by atoms with van der Waals surface area (Å²) < 4.78 is 88.8. The quantitative estimate of drug-likeness (QED) is 0.104. The third kappa shape index (κ3) is 13.9. The number of allylic oxidation sites excluding steroid dienone is 4. The van der Waals surface area contributed by atoms with E-state index in [9.17, 15) is 30.4 Å². The zero-order chi connectivity index (χ0) is 35.8. The number of nitrogens with zero attached hydrogens (tertiary/aromatic N) is 3. The highest BCUT2D eigenvalue weighted by atomic mass is 32.2. The Morgan fingerprint density at radius 3 is 2.26 bits per heavy atom. The highest BCUT2D eigenvalue weighted by molar-refractivity contribution is 7.90. The second-order valence-electron chi connectivity index (χ2n) is 10.8. The molecule has 262 valence electrons. The SMILES string of the molecule is C=C(CC)C(F)F.C=CC(/C=C\C(=C/CS(C)(=O)=O)c1ccc2nc(NCC(C)/C=C\C)nc(NC3(C(F)F)CC3)c2n1)OC.CF. The van der Waals surface area contributed by atoms with E-state index >= 15 is 0 Å². The highest BCUT2D eigenvalue weighted by Crippen LogP contribution is 2.44. The molecule has 0 aromatic carbocycles. The van der Waals surface area contributed by atoms with Crippen molar-refractivity contribution in [3.05, 3.63) is 73.0 Å². The van der Waals surface area contributed by atoms with Crippen molar-refractivity contribution in [3.8, 4) is 0 Å². The van der Waals surface area contributed by atoms with Crippen molar-refractivity contribution < 1.29 is 35.1 Å². The van der Waals surface area contributed by atoms with Crippen molar-refractivity contribution in [2.75, 3.05) is 43.5 Å². The number of alkyl halides is 5. The number of sulfone groups is 1. The van der Waals surface area contributed by atoms with Gasteiger partial charge in [-0.05, 0) is 55.4 Å². The summed E-state index contributed by atoms with van der Waals surface area (Å²) in [7, 11) is -1.27. The Labute approximate surface area is 274 Å². The zero-order valence-corrected chi connectivity index (χ0v) is 28.6. The minimum Gasteiger partial charge on any atom is -0.373 e. The van der Waals surface area contributed by atoms with E-state index in [2.05, 4.69) is 33.8 Å². The Morgan fingerprint density at radius 2 is 1.79 bits per heavy atom.